The minimum Gasteiger partial charge on any atom is -0.382 e. The SMILES string of the molecule is CC1CCCC(Cn2ccc(N)n2)C1. The van der Waals surface area contributed by atoms with Crippen LogP contribution in [-0.4, -0.2) is 9.78 Å². The zero-order chi connectivity index (χ0) is 9.97. The van der Waals surface area contributed by atoms with Gasteiger partial charge in [-0.1, -0.05) is 19.8 Å². The Morgan fingerprint density at radius 3 is 3.07 bits per heavy atom. The normalized spacial score (nSPS) is 27.8. The van der Waals surface area contributed by atoms with Crippen molar-refractivity contribution in [2.24, 2.45) is 11.8 Å². The van der Waals surface area contributed by atoms with E-state index in [1.54, 1.807) is 0 Å². The van der Waals surface area contributed by atoms with Gasteiger partial charge in [-0.3, -0.25) is 4.68 Å². The molecule has 0 aliphatic heterocycles. The van der Waals surface area contributed by atoms with Crippen molar-refractivity contribution < 1.29 is 0 Å². The molecule has 3 heteroatoms. The number of hydrogen-bond acceptors (Lipinski definition) is 2. The number of nitrogens with two attached hydrogens (primary N) is 1. The first-order chi connectivity index (χ1) is 6.74. The molecule has 14 heavy (non-hydrogen) atoms. The maximum Gasteiger partial charge on any atom is 0.145 e. The van der Waals surface area contributed by atoms with Crippen molar-refractivity contribution in [2.45, 2.75) is 39.2 Å². The Labute approximate surface area is 85.3 Å². The van der Waals surface area contributed by atoms with Crippen LogP contribution in [0.5, 0.6) is 0 Å². The molecule has 2 N–H and O–H groups in total. The van der Waals surface area contributed by atoms with E-state index in [1.165, 1.54) is 25.7 Å². The van der Waals surface area contributed by atoms with Gasteiger partial charge in [0.05, 0.1) is 0 Å². The number of anilines is 1. The van der Waals surface area contributed by atoms with E-state index in [4.69, 9.17) is 5.73 Å². The van der Waals surface area contributed by atoms with E-state index in [2.05, 4.69) is 12.0 Å². The molecule has 3 nitrogen and oxygen atoms in total. The summed E-state index contributed by atoms with van der Waals surface area (Å²) in [6.45, 7) is 3.39. The zero-order valence-electron chi connectivity index (χ0n) is 8.82. The summed E-state index contributed by atoms with van der Waals surface area (Å²) in [6, 6.07) is 1.87. The largest absolute Gasteiger partial charge is 0.382 e. The third-order valence-electron chi connectivity index (χ3n) is 3.15. The van der Waals surface area contributed by atoms with Crippen molar-refractivity contribution in [3.05, 3.63) is 12.3 Å². The highest BCUT2D eigenvalue weighted by atomic mass is 15.3. The van der Waals surface area contributed by atoms with E-state index in [0.29, 0.717) is 5.82 Å². The average Bonchev–Trinajstić information content (AvgIpc) is 2.51. The predicted octanol–water partition coefficient (Wildman–Crippen LogP) is 2.29. The molecule has 2 atom stereocenters. The number of nitrogens with zero attached hydrogens (tertiary/aromatic N) is 2. The van der Waals surface area contributed by atoms with Gasteiger partial charge < -0.3 is 5.73 Å². The molecule has 0 spiro atoms. The van der Waals surface area contributed by atoms with E-state index in [9.17, 15) is 0 Å². The summed E-state index contributed by atoms with van der Waals surface area (Å²) in [5.41, 5.74) is 5.58. The van der Waals surface area contributed by atoms with Crippen molar-refractivity contribution in [3.8, 4) is 0 Å². The topological polar surface area (TPSA) is 43.8 Å². The highest BCUT2D eigenvalue weighted by molar-refractivity contribution is 5.23. The van der Waals surface area contributed by atoms with Crippen molar-refractivity contribution >= 4 is 5.82 Å². The minimum atomic E-state index is 0.633. The van der Waals surface area contributed by atoms with Gasteiger partial charge in [0.1, 0.15) is 5.82 Å². The molecule has 0 aromatic carbocycles. The van der Waals surface area contributed by atoms with Gasteiger partial charge in [-0.05, 0) is 30.7 Å². The van der Waals surface area contributed by atoms with Crippen LogP contribution in [0.4, 0.5) is 5.82 Å². The molecule has 2 unspecified atom stereocenters. The summed E-state index contributed by atoms with van der Waals surface area (Å²) in [5.74, 6) is 2.33. The second-order valence-corrected chi connectivity index (χ2v) is 4.60. The molecular formula is C11H19N3. The first-order valence-electron chi connectivity index (χ1n) is 5.53. The molecule has 1 saturated carbocycles. The van der Waals surface area contributed by atoms with Gasteiger partial charge in [0.2, 0.25) is 0 Å². The molecular weight excluding hydrogens is 174 g/mol. The Balaban J connectivity index is 1.90. The van der Waals surface area contributed by atoms with Crippen LogP contribution in [0, 0.1) is 11.8 Å². The van der Waals surface area contributed by atoms with Crippen molar-refractivity contribution in [1.29, 1.82) is 0 Å². The Hall–Kier alpha value is -0.990. The van der Waals surface area contributed by atoms with Crippen molar-refractivity contribution in [2.75, 3.05) is 5.73 Å². The molecule has 0 amide bonds. The highest BCUT2D eigenvalue weighted by Crippen LogP contribution is 2.29. The Bertz CT molecular complexity index is 292. The molecule has 0 radical (unpaired) electrons. The predicted molar refractivity (Wildman–Crippen MR) is 57.8 cm³/mol. The Morgan fingerprint density at radius 2 is 2.43 bits per heavy atom. The van der Waals surface area contributed by atoms with Gasteiger partial charge in [-0.25, -0.2) is 0 Å². The lowest BCUT2D eigenvalue weighted by atomic mass is 9.82. The summed E-state index contributed by atoms with van der Waals surface area (Å²) in [6.07, 6.45) is 7.46. The van der Waals surface area contributed by atoms with E-state index in [-0.39, 0.29) is 0 Å². The molecule has 1 heterocycles. The zero-order valence-corrected chi connectivity index (χ0v) is 8.82. The maximum atomic E-state index is 5.58. The van der Waals surface area contributed by atoms with Gasteiger partial charge in [-0.2, -0.15) is 5.10 Å². The van der Waals surface area contributed by atoms with Crippen LogP contribution < -0.4 is 5.73 Å². The molecule has 2 rings (SSSR count). The quantitative estimate of drug-likeness (QED) is 0.783. The van der Waals surface area contributed by atoms with Gasteiger partial charge in [0, 0.05) is 12.7 Å². The molecule has 1 aromatic heterocycles. The molecule has 1 aliphatic rings. The van der Waals surface area contributed by atoms with Gasteiger partial charge in [0.15, 0.2) is 0 Å². The Kier molecular flexibility index (Phi) is 2.75. The van der Waals surface area contributed by atoms with Crippen molar-refractivity contribution in [3.63, 3.8) is 0 Å². The number of hydrogen-bond donors (Lipinski definition) is 1. The minimum absolute atomic E-state index is 0.633. The average molecular weight is 193 g/mol. The molecule has 1 aliphatic carbocycles. The van der Waals surface area contributed by atoms with Crippen LogP contribution in [0.2, 0.25) is 0 Å². The molecule has 0 saturated heterocycles. The molecule has 1 aromatic rings. The van der Waals surface area contributed by atoms with Gasteiger partial charge >= 0.3 is 0 Å². The lowest BCUT2D eigenvalue weighted by molar-refractivity contribution is 0.250. The standard InChI is InChI=1S/C11H19N3/c1-9-3-2-4-10(7-9)8-14-6-5-11(12)13-14/h5-6,9-10H,2-4,7-8H2,1H3,(H2,12,13). The van der Waals surface area contributed by atoms with Gasteiger partial charge in [0.25, 0.3) is 0 Å². The lowest BCUT2D eigenvalue weighted by Gasteiger charge is -2.26. The van der Waals surface area contributed by atoms with E-state index in [1.807, 2.05) is 16.9 Å². The van der Waals surface area contributed by atoms with Crippen LogP contribution >= 0.6 is 0 Å². The highest BCUT2D eigenvalue weighted by Gasteiger charge is 2.19. The smallest absolute Gasteiger partial charge is 0.145 e. The Morgan fingerprint density at radius 1 is 1.57 bits per heavy atom. The first kappa shape index (κ1) is 9.56. The van der Waals surface area contributed by atoms with Crippen LogP contribution in [0.3, 0.4) is 0 Å². The summed E-state index contributed by atoms with van der Waals surface area (Å²) in [7, 11) is 0. The first-order valence-corrected chi connectivity index (χ1v) is 5.53. The van der Waals surface area contributed by atoms with Crippen LogP contribution in [0.15, 0.2) is 12.3 Å². The van der Waals surface area contributed by atoms with Gasteiger partial charge in [-0.15, -0.1) is 0 Å². The number of aromatic nitrogens is 2. The van der Waals surface area contributed by atoms with E-state index in [0.717, 1.165) is 18.4 Å². The molecule has 1 fully saturated rings. The fraction of sp³-hybridized carbons (Fsp3) is 0.727. The summed E-state index contributed by atoms with van der Waals surface area (Å²) < 4.78 is 1.98. The monoisotopic (exact) mass is 193 g/mol. The second kappa shape index (κ2) is 4.03. The number of nitrogen functional groups attached to an aromatic ring is 1. The summed E-state index contributed by atoms with van der Waals surface area (Å²) >= 11 is 0. The summed E-state index contributed by atoms with van der Waals surface area (Å²) in [4.78, 5) is 0. The third kappa shape index (κ3) is 2.28. The van der Waals surface area contributed by atoms with E-state index < -0.39 is 0 Å². The van der Waals surface area contributed by atoms with Crippen LogP contribution in [0.1, 0.15) is 32.6 Å². The fourth-order valence-electron chi connectivity index (χ4n) is 2.47. The van der Waals surface area contributed by atoms with Crippen molar-refractivity contribution in [1.82, 2.24) is 9.78 Å². The van der Waals surface area contributed by atoms with E-state index >= 15 is 0 Å². The third-order valence-corrected chi connectivity index (χ3v) is 3.15. The summed E-state index contributed by atoms with van der Waals surface area (Å²) in [5, 5.41) is 4.22. The van der Waals surface area contributed by atoms with Crippen LogP contribution in [0.25, 0.3) is 0 Å². The molecule has 0 bridgehead atoms. The maximum absolute atomic E-state index is 5.58. The molecule has 78 valence electrons. The van der Waals surface area contributed by atoms with Crippen LogP contribution in [-0.2, 0) is 6.54 Å². The second-order valence-electron chi connectivity index (χ2n) is 4.60. The lowest BCUT2D eigenvalue weighted by Crippen LogP contribution is -2.18. The number of rotatable bonds is 2. The fourth-order valence-corrected chi connectivity index (χ4v) is 2.47.